The van der Waals surface area contributed by atoms with E-state index in [4.69, 9.17) is 0 Å². The molecule has 184 valence electrons. The molecule has 3 aromatic carbocycles. The molecule has 0 saturated carbocycles. The largest absolute Gasteiger partial charge is 0.147 e. The van der Waals surface area contributed by atoms with Crippen molar-refractivity contribution < 1.29 is 0 Å². The highest BCUT2D eigenvalue weighted by Crippen LogP contribution is 2.51. The normalized spacial score (nSPS) is 12.2. The highest BCUT2D eigenvalue weighted by molar-refractivity contribution is 7.19. The summed E-state index contributed by atoms with van der Waals surface area (Å²) in [6, 6.07) is 33.3. The van der Waals surface area contributed by atoms with Gasteiger partial charge in [-0.15, -0.1) is 21.6 Å². The van der Waals surface area contributed by atoms with Gasteiger partial charge < -0.3 is 0 Å². The molecule has 3 rings (SSSR count). The van der Waals surface area contributed by atoms with Crippen molar-refractivity contribution in [1.82, 2.24) is 0 Å². The third-order valence-electron chi connectivity index (χ3n) is 7.10. The molecule has 0 heterocycles. The number of hydrogen-bond donors (Lipinski definition) is 0. The molecule has 0 aromatic heterocycles. The Morgan fingerprint density at radius 3 is 1.38 bits per heavy atom. The van der Waals surface area contributed by atoms with Crippen molar-refractivity contribution in [3.05, 3.63) is 108 Å². The number of rotatable bonds is 15. The lowest BCUT2D eigenvalue weighted by Gasteiger charge is -2.39. The quantitative estimate of drug-likeness (QED) is 0.145. The number of benzene rings is 3. The van der Waals surface area contributed by atoms with Gasteiger partial charge in [-0.3, -0.25) is 0 Å². The molecule has 0 amide bonds. The van der Waals surface area contributed by atoms with E-state index in [-0.39, 0.29) is 17.6 Å². The average Bonchev–Trinajstić information content (AvgIpc) is 2.88. The topological polar surface area (TPSA) is 0 Å². The minimum Gasteiger partial charge on any atom is -0.147 e. The van der Waals surface area contributed by atoms with Crippen LogP contribution in [-0.4, -0.2) is 0 Å². The number of halogens is 1. The van der Waals surface area contributed by atoms with Crippen LogP contribution >= 0.6 is 21.6 Å². The van der Waals surface area contributed by atoms with Crippen molar-refractivity contribution in [1.29, 1.82) is 0 Å². The second kappa shape index (κ2) is 16.1. The molecule has 0 N–H and O–H groups in total. The maximum atomic E-state index is 3.29. The molecule has 3 aromatic rings. The molecule has 0 bridgehead atoms. The van der Waals surface area contributed by atoms with Crippen LogP contribution in [0.2, 0.25) is 0 Å². The first-order valence-corrected chi connectivity index (χ1v) is 13.8. The van der Waals surface area contributed by atoms with E-state index in [0.717, 1.165) is 0 Å². The second-order valence-corrected chi connectivity index (χ2v) is 10.4. The van der Waals surface area contributed by atoms with E-state index >= 15 is 0 Å². The van der Waals surface area contributed by atoms with Crippen LogP contribution in [0.4, 0.5) is 0 Å². The zero-order valence-electron chi connectivity index (χ0n) is 21.0. The molecular weight excluding hydrogens is 451 g/mol. The lowest BCUT2D eigenvalue weighted by atomic mass is 9.74. The molecule has 0 aliphatic heterocycles. The molecule has 0 nitrogen and oxygen atoms in total. The molecule has 2 unspecified atom stereocenters. The molecule has 0 spiro atoms. The maximum absolute atomic E-state index is 3.29. The summed E-state index contributed by atoms with van der Waals surface area (Å²) in [6.07, 6.45) is 15.0. The first-order valence-electron chi connectivity index (χ1n) is 13.2. The molecule has 34 heavy (non-hydrogen) atoms. The summed E-state index contributed by atoms with van der Waals surface area (Å²) in [5.41, 5.74) is 4.19. The van der Waals surface area contributed by atoms with Crippen molar-refractivity contribution in [2.75, 3.05) is 0 Å². The highest BCUT2D eigenvalue weighted by atomic mass is 35.5. The predicted octanol–water partition coefficient (Wildman–Crippen LogP) is 10.3. The van der Waals surface area contributed by atoms with Gasteiger partial charge in [0.2, 0.25) is 0 Å². The minimum absolute atomic E-state index is 0. The third kappa shape index (κ3) is 8.25. The summed E-state index contributed by atoms with van der Waals surface area (Å²) < 4.78 is 0. The molecule has 0 aliphatic carbocycles. The van der Waals surface area contributed by atoms with Gasteiger partial charge in [0, 0.05) is 11.1 Å². The summed E-state index contributed by atoms with van der Waals surface area (Å²) in [5, 5.41) is -0.136. The van der Waals surface area contributed by atoms with Crippen LogP contribution in [0.15, 0.2) is 91.0 Å². The van der Waals surface area contributed by atoms with Crippen LogP contribution in [0.1, 0.15) is 100 Å². The van der Waals surface area contributed by atoms with Crippen molar-refractivity contribution >= 4 is 21.6 Å². The lowest BCUT2D eigenvalue weighted by Crippen LogP contribution is -2.29. The Morgan fingerprint density at radius 2 is 0.941 bits per heavy atom. The summed E-state index contributed by atoms with van der Waals surface area (Å²) in [6.45, 7) is 2.29. The van der Waals surface area contributed by atoms with Crippen molar-refractivity contribution in [3.8, 4) is 0 Å². The predicted molar refractivity (Wildman–Crippen MR) is 156 cm³/mol. The van der Waals surface area contributed by atoms with Crippen LogP contribution in [0, 0.1) is 0 Å². The number of hydrogen-bond acceptors (Lipinski definition) is 0. The van der Waals surface area contributed by atoms with Crippen molar-refractivity contribution in [2.45, 2.75) is 88.6 Å². The first-order chi connectivity index (χ1) is 16.3. The molecule has 0 radical (unpaired) electrons. The van der Waals surface area contributed by atoms with Crippen LogP contribution in [0.25, 0.3) is 0 Å². The fourth-order valence-electron chi connectivity index (χ4n) is 5.18. The monoisotopic (exact) mass is 494 g/mol. The van der Waals surface area contributed by atoms with E-state index < -0.39 is 0 Å². The first kappa shape index (κ1) is 28.6. The second-order valence-electron chi connectivity index (χ2n) is 9.53. The van der Waals surface area contributed by atoms with Gasteiger partial charge in [0.25, 0.3) is 0 Å². The van der Waals surface area contributed by atoms with Gasteiger partial charge in [-0.25, -0.2) is 0 Å². The zero-order chi connectivity index (χ0) is 23.2. The van der Waals surface area contributed by atoms with E-state index in [1.54, 1.807) is 0 Å². The van der Waals surface area contributed by atoms with Gasteiger partial charge in [-0.05, 0) is 23.1 Å². The van der Waals surface area contributed by atoms with Gasteiger partial charge in [-0.2, -0.15) is 0 Å². The Labute approximate surface area is 217 Å². The molecule has 2 heteroatoms. The average molecular weight is 495 g/mol. The molecule has 0 saturated heterocycles. The van der Waals surface area contributed by atoms with Crippen LogP contribution in [-0.2, 0) is 5.16 Å². The van der Waals surface area contributed by atoms with Gasteiger partial charge in [0.1, 0.15) is 0 Å². The Hall–Kier alpha value is -1.62. The fourth-order valence-corrected chi connectivity index (χ4v) is 5.92. The van der Waals surface area contributed by atoms with Crippen LogP contribution in [0.5, 0.6) is 0 Å². The zero-order valence-corrected chi connectivity index (χ0v) is 23.0. The Morgan fingerprint density at radius 1 is 0.559 bits per heavy atom. The van der Waals surface area contributed by atoms with Crippen molar-refractivity contribution in [3.63, 3.8) is 0 Å². The summed E-state index contributed by atoms with van der Waals surface area (Å²) in [4.78, 5) is 0. The van der Waals surface area contributed by atoms with E-state index in [2.05, 4.69) is 107 Å². The third-order valence-corrected chi connectivity index (χ3v) is 8.17. The summed E-state index contributed by atoms with van der Waals surface area (Å²) in [7, 11) is 3.29. The Balaban J connectivity index is 0.00000408. The minimum atomic E-state index is -0.136. The maximum Gasteiger partial charge on any atom is 0.0412 e. The van der Waals surface area contributed by atoms with E-state index in [0.29, 0.717) is 5.92 Å². The smallest absolute Gasteiger partial charge is 0.0412 e. The van der Waals surface area contributed by atoms with E-state index in [1.807, 2.05) is 0 Å². The highest BCUT2D eigenvalue weighted by Gasteiger charge is 2.38. The van der Waals surface area contributed by atoms with E-state index in [1.165, 1.54) is 87.3 Å². The van der Waals surface area contributed by atoms with Crippen molar-refractivity contribution in [2.24, 2.45) is 0 Å². The van der Waals surface area contributed by atoms with E-state index in [9.17, 15) is 0 Å². The van der Waals surface area contributed by atoms with Crippen LogP contribution < -0.4 is 0 Å². The van der Waals surface area contributed by atoms with Crippen LogP contribution in [0.3, 0.4) is 0 Å². The van der Waals surface area contributed by atoms with Gasteiger partial charge in [-0.1, -0.05) is 162 Å². The van der Waals surface area contributed by atoms with Gasteiger partial charge in [0.15, 0.2) is 0 Å². The molecule has 2 atom stereocenters. The number of unbranched alkanes of at least 4 members (excludes halogenated alkanes) is 9. The SMILES string of the molecule is CCCCCCCCCCCCC(c1ccccc1)C(P)(c1ccccc1)c1ccccc1.Cl. The molecular formula is C32H44ClP. The Bertz CT molecular complexity index is 839. The standard InChI is InChI=1S/C32H43P.ClH/c1-2-3-4-5-6-7-8-9-10-20-27-31(28-21-14-11-15-22-28)32(33,29-23-16-12-17-24-29)30-25-18-13-19-26-30;/h11-19,21-26,31H,2-10,20,27,33H2,1H3;1H. The summed E-state index contributed by atoms with van der Waals surface area (Å²) in [5.74, 6) is 0.419. The summed E-state index contributed by atoms with van der Waals surface area (Å²) >= 11 is 0. The lowest BCUT2D eigenvalue weighted by molar-refractivity contribution is 0.476. The fraction of sp³-hybridized carbons (Fsp3) is 0.438. The van der Waals surface area contributed by atoms with Gasteiger partial charge >= 0.3 is 0 Å². The molecule has 0 fully saturated rings. The Kier molecular flexibility index (Phi) is 13.6. The van der Waals surface area contributed by atoms with Gasteiger partial charge in [0.05, 0.1) is 0 Å². The molecule has 0 aliphatic rings.